The van der Waals surface area contributed by atoms with E-state index in [0.717, 1.165) is 24.8 Å². The van der Waals surface area contributed by atoms with E-state index in [0.29, 0.717) is 11.0 Å². The van der Waals surface area contributed by atoms with Gasteiger partial charge in [-0.3, -0.25) is 0 Å². The molecule has 0 spiro atoms. The Bertz CT molecular complexity index is 607. The zero-order valence-corrected chi connectivity index (χ0v) is 10.7. The first-order chi connectivity index (χ1) is 8.76. The van der Waals surface area contributed by atoms with Gasteiger partial charge in [0.1, 0.15) is 0 Å². The fraction of sp³-hybridized carbons (Fsp3) is 0.286. The molecule has 2 aromatic rings. The van der Waals surface area contributed by atoms with E-state index in [1.54, 1.807) is 11.3 Å². The van der Waals surface area contributed by atoms with Crippen LogP contribution >= 0.6 is 11.3 Å². The van der Waals surface area contributed by atoms with Crippen molar-refractivity contribution in [1.82, 2.24) is 4.98 Å². The molecule has 2 N–H and O–H groups in total. The van der Waals surface area contributed by atoms with Gasteiger partial charge in [0.25, 0.3) is 0 Å². The molecule has 1 atom stereocenters. The summed E-state index contributed by atoms with van der Waals surface area (Å²) in [6, 6.07) is 10.1. The van der Waals surface area contributed by atoms with Crippen molar-refractivity contribution in [1.29, 1.82) is 5.26 Å². The van der Waals surface area contributed by atoms with Crippen molar-refractivity contribution in [3.63, 3.8) is 0 Å². The Balaban J connectivity index is 1.84. The number of nitrogens with zero attached hydrogens (tertiary/aromatic N) is 2. The van der Waals surface area contributed by atoms with Crippen LogP contribution in [-0.2, 0) is 12.8 Å². The summed E-state index contributed by atoms with van der Waals surface area (Å²) in [7, 11) is 0. The number of nitriles is 1. The van der Waals surface area contributed by atoms with Crippen LogP contribution in [0.15, 0.2) is 24.3 Å². The third kappa shape index (κ3) is 1.98. The number of anilines is 1. The molecule has 1 aromatic heterocycles. The first-order valence-electron chi connectivity index (χ1n) is 6.00. The number of nitrogens with two attached hydrogens (primary N) is 1. The van der Waals surface area contributed by atoms with E-state index in [1.165, 1.54) is 16.1 Å². The SMILES string of the molecule is N#Cc1ccc(C2CCc3nc(N)sc3C2)cc1. The highest BCUT2D eigenvalue weighted by atomic mass is 32.1. The fourth-order valence-electron chi connectivity index (χ4n) is 2.51. The Labute approximate surface area is 110 Å². The largest absolute Gasteiger partial charge is 0.375 e. The van der Waals surface area contributed by atoms with Crippen LogP contribution in [0.1, 0.15) is 34.0 Å². The number of rotatable bonds is 1. The molecular weight excluding hydrogens is 242 g/mol. The first-order valence-corrected chi connectivity index (χ1v) is 6.82. The van der Waals surface area contributed by atoms with Crippen molar-refractivity contribution < 1.29 is 0 Å². The monoisotopic (exact) mass is 255 g/mol. The van der Waals surface area contributed by atoms with Crippen LogP contribution in [0.2, 0.25) is 0 Å². The van der Waals surface area contributed by atoms with Crippen LogP contribution in [-0.4, -0.2) is 4.98 Å². The lowest BCUT2D eigenvalue weighted by Gasteiger charge is -2.21. The molecule has 0 aliphatic heterocycles. The molecule has 0 saturated heterocycles. The lowest BCUT2D eigenvalue weighted by molar-refractivity contribution is 0.584. The first kappa shape index (κ1) is 11.2. The lowest BCUT2D eigenvalue weighted by atomic mass is 9.85. The van der Waals surface area contributed by atoms with E-state index in [-0.39, 0.29) is 0 Å². The summed E-state index contributed by atoms with van der Waals surface area (Å²) in [5.41, 5.74) is 8.97. The van der Waals surface area contributed by atoms with E-state index in [1.807, 2.05) is 12.1 Å². The van der Waals surface area contributed by atoms with Gasteiger partial charge in [-0.2, -0.15) is 5.26 Å². The van der Waals surface area contributed by atoms with E-state index < -0.39 is 0 Å². The highest BCUT2D eigenvalue weighted by Crippen LogP contribution is 2.36. The third-order valence-corrected chi connectivity index (χ3v) is 4.42. The Morgan fingerprint density at radius 1 is 1.33 bits per heavy atom. The van der Waals surface area contributed by atoms with E-state index in [2.05, 4.69) is 23.2 Å². The minimum atomic E-state index is 0.532. The number of aryl methyl sites for hydroxylation is 1. The number of nitrogen functional groups attached to an aromatic ring is 1. The lowest BCUT2D eigenvalue weighted by Crippen LogP contribution is -2.11. The molecule has 1 aliphatic rings. The van der Waals surface area contributed by atoms with Crippen LogP contribution in [0.3, 0.4) is 0 Å². The quantitative estimate of drug-likeness (QED) is 0.852. The van der Waals surface area contributed by atoms with Gasteiger partial charge in [-0.25, -0.2) is 4.98 Å². The molecule has 0 radical (unpaired) electrons. The van der Waals surface area contributed by atoms with Gasteiger partial charge in [0, 0.05) is 4.88 Å². The number of fused-ring (bicyclic) bond motifs is 1. The smallest absolute Gasteiger partial charge is 0.180 e. The third-order valence-electron chi connectivity index (χ3n) is 3.47. The zero-order chi connectivity index (χ0) is 12.5. The Morgan fingerprint density at radius 3 is 2.83 bits per heavy atom. The van der Waals surface area contributed by atoms with Gasteiger partial charge in [0.15, 0.2) is 5.13 Å². The summed E-state index contributed by atoms with van der Waals surface area (Å²) in [4.78, 5) is 5.69. The van der Waals surface area contributed by atoms with Gasteiger partial charge in [0.05, 0.1) is 17.3 Å². The summed E-state index contributed by atoms with van der Waals surface area (Å²) < 4.78 is 0. The van der Waals surface area contributed by atoms with Crippen molar-refractivity contribution >= 4 is 16.5 Å². The van der Waals surface area contributed by atoms with Crippen molar-refractivity contribution in [2.75, 3.05) is 5.73 Å². The normalized spacial score (nSPS) is 18.1. The second-order valence-electron chi connectivity index (χ2n) is 4.60. The predicted molar refractivity (Wildman–Crippen MR) is 72.4 cm³/mol. The minimum absolute atomic E-state index is 0.532. The van der Waals surface area contributed by atoms with E-state index >= 15 is 0 Å². The highest BCUT2D eigenvalue weighted by Gasteiger charge is 2.23. The molecule has 0 fully saturated rings. The number of hydrogen-bond donors (Lipinski definition) is 1. The summed E-state index contributed by atoms with van der Waals surface area (Å²) in [5.74, 6) is 0.532. The average Bonchev–Trinajstić information content (AvgIpc) is 2.78. The highest BCUT2D eigenvalue weighted by molar-refractivity contribution is 7.15. The van der Waals surface area contributed by atoms with Gasteiger partial charge in [0.2, 0.25) is 0 Å². The van der Waals surface area contributed by atoms with Crippen molar-refractivity contribution in [3.8, 4) is 6.07 Å². The number of benzene rings is 1. The molecule has 0 saturated carbocycles. The zero-order valence-electron chi connectivity index (χ0n) is 9.89. The number of aromatic nitrogens is 1. The van der Waals surface area contributed by atoms with Gasteiger partial charge < -0.3 is 5.73 Å². The second kappa shape index (κ2) is 4.43. The van der Waals surface area contributed by atoms with Crippen LogP contribution in [0.25, 0.3) is 0 Å². The van der Waals surface area contributed by atoms with Crippen LogP contribution in [0.4, 0.5) is 5.13 Å². The van der Waals surface area contributed by atoms with Gasteiger partial charge in [-0.1, -0.05) is 12.1 Å². The molecule has 1 aliphatic carbocycles. The molecule has 3 nitrogen and oxygen atoms in total. The summed E-state index contributed by atoms with van der Waals surface area (Å²) in [6.45, 7) is 0. The maximum atomic E-state index is 8.80. The molecule has 1 heterocycles. The molecule has 0 amide bonds. The molecule has 1 aromatic carbocycles. The topological polar surface area (TPSA) is 62.7 Å². The molecule has 0 bridgehead atoms. The maximum absolute atomic E-state index is 8.80. The minimum Gasteiger partial charge on any atom is -0.375 e. The van der Waals surface area contributed by atoms with Gasteiger partial charge in [-0.15, -0.1) is 11.3 Å². The van der Waals surface area contributed by atoms with Gasteiger partial charge in [-0.05, 0) is 42.9 Å². The predicted octanol–water partition coefficient (Wildman–Crippen LogP) is 2.87. The molecule has 90 valence electrons. The van der Waals surface area contributed by atoms with Crippen LogP contribution in [0, 0.1) is 11.3 Å². The molecule has 3 rings (SSSR count). The molecular formula is C14H13N3S. The van der Waals surface area contributed by atoms with Crippen molar-refractivity contribution in [2.24, 2.45) is 0 Å². The fourth-order valence-corrected chi connectivity index (χ4v) is 3.47. The average molecular weight is 255 g/mol. The Morgan fingerprint density at radius 2 is 2.11 bits per heavy atom. The van der Waals surface area contributed by atoms with Crippen molar-refractivity contribution in [2.45, 2.75) is 25.2 Å². The molecule has 1 unspecified atom stereocenters. The summed E-state index contributed by atoms with van der Waals surface area (Å²) in [6.07, 6.45) is 3.14. The maximum Gasteiger partial charge on any atom is 0.180 e. The molecule has 4 heteroatoms. The summed E-state index contributed by atoms with van der Waals surface area (Å²) in [5, 5.41) is 9.48. The standard InChI is InChI=1S/C14H13N3S/c15-8-9-1-3-10(4-2-9)11-5-6-12-13(7-11)18-14(16)17-12/h1-4,11H,5-7H2,(H2,16,17). The second-order valence-corrected chi connectivity index (χ2v) is 5.71. The van der Waals surface area contributed by atoms with E-state index in [4.69, 9.17) is 11.0 Å². The number of thiazole rings is 1. The van der Waals surface area contributed by atoms with E-state index in [9.17, 15) is 0 Å². The Kier molecular flexibility index (Phi) is 2.77. The van der Waals surface area contributed by atoms with Crippen LogP contribution < -0.4 is 5.73 Å². The van der Waals surface area contributed by atoms with Crippen LogP contribution in [0.5, 0.6) is 0 Å². The Hall–Kier alpha value is -1.86. The van der Waals surface area contributed by atoms with Crippen molar-refractivity contribution in [3.05, 3.63) is 46.0 Å². The summed E-state index contributed by atoms with van der Waals surface area (Å²) >= 11 is 1.61. The number of hydrogen-bond acceptors (Lipinski definition) is 4. The van der Waals surface area contributed by atoms with Gasteiger partial charge >= 0.3 is 0 Å². The molecule has 18 heavy (non-hydrogen) atoms.